The van der Waals surface area contributed by atoms with Crippen LogP contribution in [0, 0.1) is 0 Å². The van der Waals surface area contributed by atoms with Crippen LogP contribution in [0.15, 0.2) is 164 Å². The Morgan fingerprint density at radius 2 is 1.12 bits per heavy atom. The molecule has 232 valence electrons. The molecule has 0 radical (unpaired) electrons. The Hall–Kier alpha value is -5.40. The first-order chi connectivity index (χ1) is 24.1. The van der Waals surface area contributed by atoms with E-state index in [2.05, 4.69) is 183 Å². The van der Waals surface area contributed by atoms with Crippen LogP contribution in [-0.4, -0.2) is 14.5 Å². The first kappa shape index (κ1) is 28.6. The molecule has 1 heterocycles. The first-order valence-electron chi connectivity index (χ1n) is 17.0. The fraction of sp³-hybridized carbons (Fsp3) is 0.0638. The summed E-state index contributed by atoms with van der Waals surface area (Å²) in [4.78, 5) is 2.48. The summed E-state index contributed by atoms with van der Waals surface area (Å²) in [5, 5.41) is 8.07. The Labute approximate surface area is 292 Å². The van der Waals surface area contributed by atoms with Crippen LogP contribution in [0.25, 0.3) is 63.1 Å². The maximum absolute atomic E-state index is 2.48. The first-order valence-corrected chi connectivity index (χ1v) is 18.7. The Kier molecular flexibility index (Phi) is 6.31. The number of anilines is 3. The van der Waals surface area contributed by atoms with Crippen molar-refractivity contribution < 1.29 is 0 Å². The summed E-state index contributed by atoms with van der Waals surface area (Å²) in [6, 6.07) is 61.0. The third kappa shape index (κ3) is 4.31. The van der Waals surface area contributed by atoms with Crippen LogP contribution < -0.4 is 4.90 Å². The van der Waals surface area contributed by atoms with Crippen molar-refractivity contribution in [3.05, 3.63) is 175 Å². The zero-order valence-electron chi connectivity index (χ0n) is 27.4. The topological polar surface area (TPSA) is 3.24 Å². The molecule has 1 aromatic heterocycles. The van der Waals surface area contributed by atoms with Gasteiger partial charge in [-0.3, -0.25) is 0 Å². The molecule has 0 fully saturated rings. The molecule has 1 aliphatic carbocycles. The molecule has 0 atom stereocenters. The van der Waals surface area contributed by atoms with Crippen LogP contribution in [0.1, 0.15) is 25.0 Å². The van der Waals surface area contributed by atoms with Crippen molar-refractivity contribution in [1.29, 1.82) is 0 Å². The van der Waals surface area contributed by atoms with Gasteiger partial charge in [-0.15, -0.1) is 0 Å². The van der Waals surface area contributed by atoms with Crippen LogP contribution in [0.2, 0.25) is 0 Å². The van der Waals surface area contributed by atoms with E-state index >= 15 is 0 Å². The van der Waals surface area contributed by atoms with E-state index in [0.29, 0.717) is 0 Å². The minimum absolute atomic E-state index is 0.0397. The number of benzene rings is 8. The summed E-state index contributed by atoms with van der Waals surface area (Å²) in [6.07, 6.45) is 0. The molecule has 10 rings (SSSR count). The monoisotopic (exact) mass is 691 g/mol. The van der Waals surface area contributed by atoms with Crippen LogP contribution >= 0.6 is 0 Å². The van der Waals surface area contributed by atoms with Gasteiger partial charge >= 0.3 is 269 Å². The summed E-state index contributed by atoms with van der Waals surface area (Å²) in [6.45, 7) is 4.71. The van der Waals surface area contributed by atoms with Gasteiger partial charge in [0.2, 0.25) is 0 Å². The van der Waals surface area contributed by atoms with Gasteiger partial charge in [0.15, 0.2) is 0 Å². The molecule has 0 spiro atoms. The molecule has 8 aromatic carbocycles. The van der Waals surface area contributed by atoms with Gasteiger partial charge in [-0.2, -0.15) is 0 Å². The standard InChI is InChI=1S/C47H33NSe/c1-47(2)41-18-10-8-14-35(41)40-29-34(25-27-42(40)47)48(33-23-20-31(21-24-33)30-12-4-3-5-13-30)43-28-32-22-26-39-37-16-9-11-19-44(37)49-46(39)45(32)38-17-7-6-15-36(38)43/h3-29H,1-2H3. The molecule has 0 unspecified atom stereocenters. The average Bonchev–Trinajstić information content (AvgIpc) is 3.64. The quantitative estimate of drug-likeness (QED) is 0.131. The number of hydrogen-bond acceptors (Lipinski definition) is 1. The second-order valence-corrected chi connectivity index (χ2v) is 15.9. The molecule has 0 N–H and O–H groups in total. The zero-order chi connectivity index (χ0) is 32.7. The van der Waals surface area contributed by atoms with Crippen molar-refractivity contribution in [2.24, 2.45) is 0 Å². The predicted octanol–water partition coefficient (Wildman–Crippen LogP) is 12.8. The molecule has 1 aliphatic rings. The van der Waals surface area contributed by atoms with Crippen LogP contribution in [0.4, 0.5) is 17.1 Å². The summed E-state index contributed by atoms with van der Waals surface area (Å²) < 4.78 is 2.98. The van der Waals surface area contributed by atoms with Gasteiger partial charge in [0, 0.05) is 0 Å². The third-order valence-electron chi connectivity index (χ3n) is 10.6. The van der Waals surface area contributed by atoms with Crippen molar-refractivity contribution in [1.82, 2.24) is 0 Å². The van der Waals surface area contributed by atoms with Gasteiger partial charge in [0.05, 0.1) is 0 Å². The average molecular weight is 691 g/mol. The SMILES string of the molecule is CC1(C)c2ccccc2-c2cc(N(c3ccc(-c4ccccc4)cc3)c3cc4ccc5c6ccccc6[se]c5c4c4ccccc34)ccc21. The van der Waals surface area contributed by atoms with Gasteiger partial charge in [-0.05, 0) is 0 Å². The number of rotatable bonds is 4. The molecule has 1 nitrogen and oxygen atoms in total. The molecular weight excluding hydrogens is 657 g/mol. The van der Waals surface area contributed by atoms with E-state index < -0.39 is 0 Å². The van der Waals surface area contributed by atoms with Crippen molar-refractivity contribution in [3.8, 4) is 22.3 Å². The molecule has 49 heavy (non-hydrogen) atoms. The van der Waals surface area contributed by atoms with Crippen molar-refractivity contribution >= 4 is 72.4 Å². The third-order valence-corrected chi connectivity index (χ3v) is 13.2. The van der Waals surface area contributed by atoms with Crippen molar-refractivity contribution in [3.63, 3.8) is 0 Å². The second kappa shape index (κ2) is 10.8. The Balaban J connectivity index is 1.24. The van der Waals surface area contributed by atoms with Gasteiger partial charge in [0.25, 0.3) is 0 Å². The summed E-state index contributed by atoms with van der Waals surface area (Å²) >= 11 is 0.267. The van der Waals surface area contributed by atoms with E-state index in [9.17, 15) is 0 Å². The zero-order valence-corrected chi connectivity index (χ0v) is 29.2. The maximum atomic E-state index is 2.48. The van der Waals surface area contributed by atoms with Gasteiger partial charge < -0.3 is 0 Å². The number of nitrogens with zero attached hydrogens (tertiary/aromatic N) is 1. The Morgan fingerprint density at radius 3 is 1.96 bits per heavy atom. The van der Waals surface area contributed by atoms with E-state index in [1.165, 1.54) is 85.6 Å². The molecule has 0 amide bonds. The molecule has 0 saturated carbocycles. The molecular formula is C47H33NSe. The van der Waals surface area contributed by atoms with E-state index in [1.807, 2.05) is 0 Å². The molecule has 0 saturated heterocycles. The van der Waals surface area contributed by atoms with Crippen LogP contribution in [-0.2, 0) is 5.41 Å². The van der Waals surface area contributed by atoms with Crippen molar-refractivity contribution in [2.45, 2.75) is 19.3 Å². The normalized spacial score (nSPS) is 13.3. The minimum atomic E-state index is -0.0397. The van der Waals surface area contributed by atoms with Crippen LogP contribution in [0.5, 0.6) is 0 Å². The second-order valence-electron chi connectivity index (χ2n) is 13.7. The van der Waals surface area contributed by atoms with Gasteiger partial charge in [-0.25, -0.2) is 0 Å². The molecule has 9 aromatic rings. The van der Waals surface area contributed by atoms with E-state index in [1.54, 1.807) is 0 Å². The predicted molar refractivity (Wildman–Crippen MR) is 211 cm³/mol. The summed E-state index contributed by atoms with van der Waals surface area (Å²) in [5.74, 6) is 0. The molecule has 0 bridgehead atoms. The Morgan fingerprint density at radius 1 is 0.469 bits per heavy atom. The van der Waals surface area contributed by atoms with E-state index in [0.717, 1.165) is 5.69 Å². The Bertz CT molecular complexity index is 2730. The summed E-state index contributed by atoms with van der Waals surface area (Å²) in [5.41, 5.74) is 11.4. The number of hydrogen-bond donors (Lipinski definition) is 0. The van der Waals surface area contributed by atoms with Gasteiger partial charge in [0.1, 0.15) is 0 Å². The van der Waals surface area contributed by atoms with E-state index in [-0.39, 0.29) is 19.9 Å². The van der Waals surface area contributed by atoms with E-state index in [4.69, 9.17) is 0 Å². The summed E-state index contributed by atoms with van der Waals surface area (Å²) in [7, 11) is 0. The fourth-order valence-electron chi connectivity index (χ4n) is 8.24. The van der Waals surface area contributed by atoms with Gasteiger partial charge in [-0.1, -0.05) is 24.3 Å². The number of fused-ring (bicyclic) bond motifs is 10. The van der Waals surface area contributed by atoms with Crippen molar-refractivity contribution in [2.75, 3.05) is 4.90 Å². The molecule has 2 heteroatoms. The fourth-order valence-corrected chi connectivity index (χ4v) is 10.9. The molecule has 0 aliphatic heterocycles. The van der Waals surface area contributed by atoms with Crippen LogP contribution in [0.3, 0.4) is 0 Å².